The average Bonchev–Trinajstić information content (AvgIpc) is 2.50. The molecule has 1 aromatic heterocycles. The van der Waals surface area contributed by atoms with Crippen LogP contribution in [0, 0.1) is 0 Å². The second-order valence-corrected chi connectivity index (χ2v) is 4.94. The van der Waals surface area contributed by atoms with Crippen LogP contribution in [-0.2, 0) is 0 Å². The Morgan fingerprint density at radius 1 is 1.25 bits per heavy atom. The quantitative estimate of drug-likeness (QED) is 0.760. The summed E-state index contributed by atoms with van der Waals surface area (Å²) in [7, 11) is 1.79. The zero-order valence-corrected chi connectivity index (χ0v) is 12.9. The molecule has 0 spiro atoms. The van der Waals surface area contributed by atoms with Crippen molar-refractivity contribution in [1.29, 1.82) is 0 Å². The van der Waals surface area contributed by atoms with E-state index in [0.29, 0.717) is 12.6 Å². The molecule has 5 nitrogen and oxygen atoms in total. The van der Waals surface area contributed by atoms with E-state index in [1.165, 1.54) is 0 Å². The second kappa shape index (κ2) is 7.69. The van der Waals surface area contributed by atoms with E-state index in [-0.39, 0.29) is 0 Å². The standard InChI is InChI=1S/C14H17BrN4O/c1-16-14-18-10-12(15)13(19-14)17-8-5-9-20-11-6-3-2-4-7-11/h2-4,6-7,10H,5,8-9H2,1H3,(H2,16,17,18,19). The highest BCUT2D eigenvalue weighted by Crippen LogP contribution is 2.19. The molecule has 0 bridgehead atoms. The molecule has 1 aromatic carbocycles. The number of halogens is 1. The Hall–Kier alpha value is -1.82. The lowest BCUT2D eigenvalue weighted by molar-refractivity contribution is 0.315. The lowest BCUT2D eigenvalue weighted by Gasteiger charge is -2.09. The fourth-order valence-electron chi connectivity index (χ4n) is 1.60. The third-order valence-electron chi connectivity index (χ3n) is 2.59. The molecule has 2 rings (SSSR count). The molecule has 0 radical (unpaired) electrons. The summed E-state index contributed by atoms with van der Waals surface area (Å²) in [5.74, 6) is 2.27. The first-order valence-electron chi connectivity index (χ1n) is 6.41. The van der Waals surface area contributed by atoms with Gasteiger partial charge >= 0.3 is 0 Å². The number of para-hydroxylation sites is 1. The maximum absolute atomic E-state index is 5.62. The van der Waals surface area contributed by atoms with Crippen LogP contribution in [-0.4, -0.2) is 30.2 Å². The van der Waals surface area contributed by atoms with Crippen LogP contribution in [0.25, 0.3) is 0 Å². The zero-order chi connectivity index (χ0) is 14.2. The molecule has 0 aliphatic heterocycles. The fraction of sp³-hybridized carbons (Fsp3) is 0.286. The molecule has 2 N–H and O–H groups in total. The summed E-state index contributed by atoms with van der Waals surface area (Å²) in [5.41, 5.74) is 0. The fourth-order valence-corrected chi connectivity index (χ4v) is 1.93. The molecule has 0 fully saturated rings. The van der Waals surface area contributed by atoms with E-state index in [4.69, 9.17) is 4.74 Å². The van der Waals surface area contributed by atoms with Crippen LogP contribution in [0.3, 0.4) is 0 Å². The average molecular weight is 337 g/mol. The normalized spacial score (nSPS) is 10.1. The molecule has 0 saturated carbocycles. The van der Waals surface area contributed by atoms with Gasteiger partial charge in [0.05, 0.1) is 11.1 Å². The number of anilines is 2. The highest BCUT2D eigenvalue weighted by molar-refractivity contribution is 9.10. The summed E-state index contributed by atoms with van der Waals surface area (Å²) in [6.07, 6.45) is 2.61. The molecule has 0 atom stereocenters. The summed E-state index contributed by atoms with van der Waals surface area (Å²) in [4.78, 5) is 8.43. The van der Waals surface area contributed by atoms with Crippen molar-refractivity contribution in [2.24, 2.45) is 0 Å². The van der Waals surface area contributed by atoms with Crippen molar-refractivity contribution in [3.8, 4) is 5.75 Å². The highest BCUT2D eigenvalue weighted by atomic mass is 79.9. The molecule has 0 saturated heterocycles. The number of benzene rings is 1. The maximum Gasteiger partial charge on any atom is 0.224 e. The minimum Gasteiger partial charge on any atom is -0.494 e. The van der Waals surface area contributed by atoms with Gasteiger partial charge in [0, 0.05) is 19.8 Å². The number of hydrogen-bond acceptors (Lipinski definition) is 5. The van der Waals surface area contributed by atoms with E-state index >= 15 is 0 Å². The van der Waals surface area contributed by atoms with Gasteiger partial charge in [-0.3, -0.25) is 0 Å². The van der Waals surface area contributed by atoms with Gasteiger partial charge in [-0.15, -0.1) is 0 Å². The van der Waals surface area contributed by atoms with Gasteiger partial charge in [-0.25, -0.2) is 4.98 Å². The summed E-state index contributed by atoms with van der Waals surface area (Å²) in [6, 6.07) is 9.80. The zero-order valence-electron chi connectivity index (χ0n) is 11.3. The van der Waals surface area contributed by atoms with Crippen molar-refractivity contribution in [1.82, 2.24) is 9.97 Å². The summed E-state index contributed by atoms with van der Waals surface area (Å²) >= 11 is 3.42. The van der Waals surface area contributed by atoms with Crippen LogP contribution in [0.2, 0.25) is 0 Å². The number of hydrogen-bond donors (Lipinski definition) is 2. The molecule has 0 amide bonds. The van der Waals surface area contributed by atoms with Gasteiger partial charge in [0.2, 0.25) is 5.95 Å². The Balaban J connectivity index is 1.73. The number of nitrogens with one attached hydrogen (secondary N) is 2. The molecule has 0 aliphatic rings. The van der Waals surface area contributed by atoms with E-state index in [2.05, 4.69) is 36.5 Å². The second-order valence-electron chi connectivity index (χ2n) is 4.08. The van der Waals surface area contributed by atoms with Crippen LogP contribution >= 0.6 is 15.9 Å². The third kappa shape index (κ3) is 4.38. The van der Waals surface area contributed by atoms with E-state index < -0.39 is 0 Å². The van der Waals surface area contributed by atoms with Gasteiger partial charge in [0.25, 0.3) is 0 Å². The van der Waals surface area contributed by atoms with Crippen LogP contribution in [0.1, 0.15) is 6.42 Å². The molecular formula is C14H17BrN4O. The summed E-state index contributed by atoms with van der Waals surface area (Å²) < 4.78 is 6.47. The lowest BCUT2D eigenvalue weighted by Crippen LogP contribution is -2.10. The molecule has 0 unspecified atom stereocenters. The van der Waals surface area contributed by atoms with Crippen molar-refractivity contribution in [3.63, 3.8) is 0 Å². The highest BCUT2D eigenvalue weighted by Gasteiger charge is 2.03. The minimum atomic E-state index is 0.594. The molecule has 20 heavy (non-hydrogen) atoms. The third-order valence-corrected chi connectivity index (χ3v) is 3.17. The van der Waals surface area contributed by atoms with Crippen LogP contribution in [0.5, 0.6) is 5.75 Å². The Morgan fingerprint density at radius 3 is 2.80 bits per heavy atom. The molecule has 0 aliphatic carbocycles. The van der Waals surface area contributed by atoms with Crippen LogP contribution in [0.4, 0.5) is 11.8 Å². The van der Waals surface area contributed by atoms with E-state index in [0.717, 1.165) is 29.0 Å². The van der Waals surface area contributed by atoms with Gasteiger partial charge in [-0.1, -0.05) is 18.2 Å². The number of aromatic nitrogens is 2. The van der Waals surface area contributed by atoms with Crippen molar-refractivity contribution in [2.45, 2.75) is 6.42 Å². The van der Waals surface area contributed by atoms with Crippen LogP contribution in [0.15, 0.2) is 41.0 Å². The smallest absolute Gasteiger partial charge is 0.224 e. The van der Waals surface area contributed by atoms with Crippen molar-refractivity contribution >= 4 is 27.7 Å². The SMILES string of the molecule is CNc1ncc(Br)c(NCCCOc2ccccc2)n1. The topological polar surface area (TPSA) is 59.1 Å². The van der Waals surface area contributed by atoms with E-state index in [1.807, 2.05) is 30.3 Å². The first-order chi connectivity index (χ1) is 9.79. The Kier molecular flexibility index (Phi) is 5.61. The predicted molar refractivity (Wildman–Crippen MR) is 84.3 cm³/mol. The molecule has 1 heterocycles. The van der Waals surface area contributed by atoms with E-state index in [1.54, 1.807) is 13.2 Å². The Morgan fingerprint density at radius 2 is 2.05 bits per heavy atom. The molecule has 6 heteroatoms. The molecular weight excluding hydrogens is 320 g/mol. The molecule has 106 valence electrons. The van der Waals surface area contributed by atoms with Gasteiger partial charge in [-0.05, 0) is 34.5 Å². The first kappa shape index (κ1) is 14.6. The summed E-state index contributed by atoms with van der Waals surface area (Å²) in [6.45, 7) is 1.45. The van der Waals surface area contributed by atoms with Crippen LogP contribution < -0.4 is 15.4 Å². The van der Waals surface area contributed by atoms with Gasteiger partial charge in [-0.2, -0.15) is 4.98 Å². The molecule has 2 aromatic rings. The van der Waals surface area contributed by atoms with Gasteiger partial charge in [0.1, 0.15) is 11.6 Å². The van der Waals surface area contributed by atoms with Crippen molar-refractivity contribution in [2.75, 3.05) is 30.8 Å². The lowest BCUT2D eigenvalue weighted by atomic mass is 10.3. The maximum atomic E-state index is 5.62. The minimum absolute atomic E-state index is 0.594. The monoisotopic (exact) mass is 336 g/mol. The summed E-state index contributed by atoms with van der Waals surface area (Å²) in [5, 5.41) is 6.17. The Bertz CT molecular complexity index is 536. The number of nitrogens with zero attached hydrogens (tertiary/aromatic N) is 2. The Labute approximate surface area is 126 Å². The number of ether oxygens (including phenoxy) is 1. The van der Waals surface area contributed by atoms with Gasteiger partial charge in [0.15, 0.2) is 0 Å². The van der Waals surface area contributed by atoms with Crippen molar-refractivity contribution < 1.29 is 4.74 Å². The first-order valence-corrected chi connectivity index (χ1v) is 7.21. The number of rotatable bonds is 7. The van der Waals surface area contributed by atoms with Gasteiger partial charge < -0.3 is 15.4 Å². The van der Waals surface area contributed by atoms with E-state index in [9.17, 15) is 0 Å². The van der Waals surface area contributed by atoms with Crippen molar-refractivity contribution in [3.05, 3.63) is 41.0 Å². The largest absolute Gasteiger partial charge is 0.494 e. The predicted octanol–water partition coefficient (Wildman–Crippen LogP) is 3.16.